The fourth-order valence-corrected chi connectivity index (χ4v) is 3.36. The van der Waals surface area contributed by atoms with Gasteiger partial charge in [-0.25, -0.2) is 9.97 Å². The number of aryl methyl sites for hydroxylation is 1. The van der Waals surface area contributed by atoms with Crippen LogP contribution in [0.25, 0.3) is 11.2 Å². The Kier molecular flexibility index (Phi) is 4.18. The van der Waals surface area contributed by atoms with Gasteiger partial charge in [0.2, 0.25) is 0 Å². The highest BCUT2D eigenvalue weighted by Crippen LogP contribution is 2.26. The van der Waals surface area contributed by atoms with E-state index in [1.807, 2.05) is 20.0 Å². The summed E-state index contributed by atoms with van der Waals surface area (Å²) in [5.74, 6) is 0.934. The zero-order valence-electron chi connectivity index (χ0n) is 13.0. The summed E-state index contributed by atoms with van der Waals surface area (Å²) >= 11 is 6.35. The zero-order chi connectivity index (χ0) is 15.0. The molecule has 5 heteroatoms. The number of likely N-dealkylation sites (tertiary alicyclic amines) is 1. The molecule has 3 heterocycles. The SMILES string of the molecule is Cc1cnc2c(c1)nc(C(C)Cl)n2CC1CCCCN1C. The van der Waals surface area contributed by atoms with Crippen molar-refractivity contribution >= 4 is 22.8 Å². The van der Waals surface area contributed by atoms with Crippen molar-refractivity contribution in [2.45, 2.75) is 51.1 Å². The Morgan fingerprint density at radius 2 is 2.24 bits per heavy atom. The monoisotopic (exact) mass is 306 g/mol. The van der Waals surface area contributed by atoms with Gasteiger partial charge in [-0.2, -0.15) is 0 Å². The van der Waals surface area contributed by atoms with Gasteiger partial charge < -0.3 is 9.47 Å². The maximum Gasteiger partial charge on any atom is 0.160 e. The standard InChI is InChI=1S/C16H23ClN4/c1-11-8-14-16(18-9-11)21(15(19-14)12(2)17)10-13-6-4-5-7-20(13)3/h8-9,12-13H,4-7,10H2,1-3H3. The molecule has 21 heavy (non-hydrogen) atoms. The number of pyridine rings is 1. The number of rotatable bonds is 3. The second-order valence-electron chi connectivity index (χ2n) is 6.18. The predicted octanol–water partition coefficient (Wildman–Crippen LogP) is 3.52. The fraction of sp³-hybridized carbons (Fsp3) is 0.625. The molecular weight excluding hydrogens is 284 g/mol. The summed E-state index contributed by atoms with van der Waals surface area (Å²) in [6.45, 7) is 6.13. The van der Waals surface area contributed by atoms with E-state index < -0.39 is 0 Å². The van der Waals surface area contributed by atoms with E-state index in [1.54, 1.807) is 0 Å². The summed E-state index contributed by atoms with van der Waals surface area (Å²) in [5.41, 5.74) is 3.05. The van der Waals surface area contributed by atoms with Crippen LogP contribution in [0, 0.1) is 6.92 Å². The molecule has 2 aromatic rings. The molecule has 1 aliphatic rings. The second kappa shape index (κ2) is 5.93. The van der Waals surface area contributed by atoms with Crippen molar-refractivity contribution in [1.29, 1.82) is 0 Å². The van der Waals surface area contributed by atoms with Crippen LogP contribution in [-0.4, -0.2) is 39.1 Å². The zero-order valence-corrected chi connectivity index (χ0v) is 13.8. The molecule has 0 saturated carbocycles. The first-order valence-corrected chi connectivity index (χ1v) is 8.17. The van der Waals surface area contributed by atoms with Crippen molar-refractivity contribution in [3.8, 4) is 0 Å². The number of halogens is 1. The minimum Gasteiger partial charge on any atom is -0.310 e. The van der Waals surface area contributed by atoms with Gasteiger partial charge in [-0.15, -0.1) is 11.6 Å². The molecule has 2 atom stereocenters. The molecule has 1 fully saturated rings. The van der Waals surface area contributed by atoms with Crippen LogP contribution in [-0.2, 0) is 6.54 Å². The van der Waals surface area contributed by atoms with Crippen LogP contribution in [0.5, 0.6) is 0 Å². The molecule has 0 aromatic carbocycles. The van der Waals surface area contributed by atoms with Gasteiger partial charge >= 0.3 is 0 Å². The van der Waals surface area contributed by atoms with E-state index in [2.05, 4.69) is 27.6 Å². The van der Waals surface area contributed by atoms with E-state index in [9.17, 15) is 0 Å². The van der Waals surface area contributed by atoms with Gasteiger partial charge in [0, 0.05) is 18.8 Å². The highest BCUT2D eigenvalue weighted by atomic mass is 35.5. The summed E-state index contributed by atoms with van der Waals surface area (Å²) in [7, 11) is 2.21. The lowest BCUT2D eigenvalue weighted by molar-refractivity contribution is 0.167. The molecule has 2 aromatic heterocycles. The maximum atomic E-state index is 6.35. The Hall–Kier alpha value is -1.13. The molecule has 2 unspecified atom stereocenters. The summed E-state index contributed by atoms with van der Waals surface area (Å²) in [5, 5.41) is -0.103. The molecule has 1 aliphatic heterocycles. The Labute approximate surface area is 131 Å². The predicted molar refractivity (Wildman–Crippen MR) is 86.8 cm³/mol. The Bertz CT molecular complexity index is 634. The lowest BCUT2D eigenvalue weighted by atomic mass is 10.0. The molecule has 114 valence electrons. The molecule has 4 nitrogen and oxygen atoms in total. The topological polar surface area (TPSA) is 34.0 Å². The third-order valence-electron chi connectivity index (χ3n) is 4.42. The third-order valence-corrected chi connectivity index (χ3v) is 4.62. The van der Waals surface area contributed by atoms with E-state index in [-0.39, 0.29) is 5.38 Å². The van der Waals surface area contributed by atoms with Gasteiger partial charge in [-0.1, -0.05) is 6.42 Å². The maximum absolute atomic E-state index is 6.35. The minimum absolute atomic E-state index is 0.103. The molecule has 0 aliphatic carbocycles. The number of alkyl halides is 1. The molecular formula is C16H23ClN4. The molecule has 3 rings (SSSR count). The van der Waals surface area contributed by atoms with Gasteiger partial charge in [0.05, 0.1) is 5.38 Å². The molecule has 0 spiro atoms. The third kappa shape index (κ3) is 2.92. The molecule has 1 saturated heterocycles. The van der Waals surface area contributed by atoms with Crippen molar-refractivity contribution in [1.82, 2.24) is 19.4 Å². The van der Waals surface area contributed by atoms with Crippen LogP contribution in [0.1, 0.15) is 43.0 Å². The van der Waals surface area contributed by atoms with Crippen LogP contribution in [0.15, 0.2) is 12.3 Å². The van der Waals surface area contributed by atoms with Crippen LogP contribution in [0.4, 0.5) is 0 Å². The molecule has 0 N–H and O–H groups in total. The van der Waals surface area contributed by atoms with Crippen molar-refractivity contribution in [2.75, 3.05) is 13.6 Å². The first kappa shape index (κ1) is 14.8. The Balaban J connectivity index is 2.00. The number of aromatic nitrogens is 3. The van der Waals surface area contributed by atoms with Crippen molar-refractivity contribution < 1.29 is 0 Å². The molecule has 0 bridgehead atoms. The smallest absolute Gasteiger partial charge is 0.160 e. The van der Waals surface area contributed by atoms with Gasteiger partial charge in [-0.3, -0.25) is 0 Å². The highest BCUT2D eigenvalue weighted by molar-refractivity contribution is 6.20. The largest absolute Gasteiger partial charge is 0.310 e. The lowest BCUT2D eigenvalue weighted by Gasteiger charge is -2.33. The van der Waals surface area contributed by atoms with Gasteiger partial charge in [0.15, 0.2) is 5.65 Å². The quantitative estimate of drug-likeness (QED) is 0.814. The first-order valence-electron chi connectivity index (χ1n) is 7.73. The number of piperidine rings is 1. The van der Waals surface area contributed by atoms with Crippen molar-refractivity contribution in [3.63, 3.8) is 0 Å². The van der Waals surface area contributed by atoms with E-state index >= 15 is 0 Å². The summed E-state index contributed by atoms with van der Waals surface area (Å²) in [4.78, 5) is 11.8. The van der Waals surface area contributed by atoms with Gasteiger partial charge in [0.1, 0.15) is 11.3 Å². The summed E-state index contributed by atoms with van der Waals surface area (Å²) in [6.07, 6.45) is 5.75. The van der Waals surface area contributed by atoms with Crippen molar-refractivity contribution in [3.05, 3.63) is 23.7 Å². The number of likely N-dealkylation sites (N-methyl/N-ethyl adjacent to an activating group) is 1. The molecule has 0 amide bonds. The number of fused-ring (bicyclic) bond motifs is 1. The summed E-state index contributed by atoms with van der Waals surface area (Å²) < 4.78 is 2.22. The van der Waals surface area contributed by atoms with E-state index in [4.69, 9.17) is 16.6 Å². The normalized spacial score (nSPS) is 21.8. The Morgan fingerprint density at radius 1 is 1.43 bits per heavy atom. The van der Waals surface area contributed by atoms with Crippen LogP contribution >= 0.6 is 11.6 Å². The molecule has 0 radical (unpaired) electrons. The second-order valence-corrected chi connectivity index (χ2v) is 6.84. The number of hydrogen-bond acceptors (Lipinski definition) is 3. The van der Waals surface area contributed by atoms with Gasteiger partial charge in [-0.05, 0) is 51.9 Å². The number of hydrogen-bond donors (Lipinski definition) is 0. The van der Waals surface area contributed by atoms with Crippen LogP contribution in [0.2, 0.25) is 0 Å². The Morgan fingerprint density at radius 3 is 2.95 bits per heavy atom. The van der Waals surface area contributed by atoms with Crippen LogP contribution < -0.4 is 0 Å². The fourth-order valence-electron chi connectivity index (χ4n) is 3.20. The summed E-state index contributed by atoms with van der Waals surface area (Å²) in [6, 6.07) is 2.64. The highest BCUT2D eigenvalue weighted by Gasteiger charge is 2.23. The van der Waals surface area contributed by atoms with Crippen LogP contribution in [0.3, 0.4) is 0 Å². The van der Waals surface area contributed by atoms with E-state index in [0.29, 0.717) is 6.04 Å². The van der Waals surface area contributed by atoms with Crippen molar-refractivity contribution in [2.24, 2.45) is 0 Å². The lowest BCUT2D eigenvalue weighted by Crippen LogP contribution is -2.39. The van der Waals surface area contributed by atoms with E-state index in [0.717, 1.165) is 29.1 Å². The minimum atomic E-state index is -0.103. The average Bonchev–Trinajstić information content (AvgIpc) is 2.79. The van der Waals surface area contributed by atoms with Gasteiger partial charge in [0.25, 0.3) is 0 Å². The average molecular weight is 307 g/mol. The van der Waals surface area contributed by atoms with E-state index in [1.165, 1.54) is 25.8 Å². The number of imidazole rings is 1. The first-order chi connectivity index (χ1) is 10.1. The number of nitrogens with zero attached hydrogens (tertiary/aromatic N) is 4.